The van der Waals surface area contributed by atoms with Gasteiger partial charge in [-0.15, -0.1) is 26.1 Å². The van der Waals surface area contributed by atoms with Gasteiger partial charge in [-0.25, -0.2) is 0 Å². The van der Waals surface area contributed by atoms with Crippen LogP contribution in [-0.2, 0) is 5.41 Å². The van der Waals surface area contributed by atoms with Crippen molar-refractivity contribution in [3.8, 4) is 34.4 Å². The zero-order chi connectivity index (χ0) is 26.2. The molecule has 37 heavy (non-hydrogen) atoms. The number of nitrogens with zero attached hydrogens (tertiary/aromatic N) is 4. The van der Waals surface area contributed by atoms with Gasteiger partial charge in [-0.05, 0) is 64.5 Å². The Labute approximate surface area is 217 Å². The molecule has 0 spiro atoms. The summed E-state index contributed by atoms with van der Waals surface area (Å²) >= 11 is 0. The summed E-state index contributed by atoms with van der Waals surface area (Å²) in [6.07, 6.45) is 7.98. The maximum absolute atomic E-state index is 6.01. The van der Waals surface area contributed by atoms with Gasteiger partial charge < -0.3 is 8.83 Å². The Kier molecular flexibility index (Phi) is 6.14. The monoisotopic (exact) mass is 490 g/mol. The largest absolute Gasteiger partial charge is 0.416 e. The summed E-state index contributed by atoms with van der Waals surface area (Å²) in [7, 11) is 0. The quantitative estimate of drug-likeness (QED) is 0.271. The van der Waals surface area contributed by atoms with Gasteiger partial charge in [0.1, 0.15) is 0 Å². The molecule has 0 bridgehead atoms. The van der Waals surface area contributed by atoms with Gasteiger partial charge in [0.2, 0.25) is 17.7 Å². The van der Waals surface area contributed by atoms with Crippen LogP contribution in [0.25, 0.3) is 39.9 Å². The Balaban J connectivity index is 1.37. The molecule has 1 aliphatic carbocycles. The predicted octanol–water partition coefficient (Wildman–Crippen LogP) is 7.83. The van der Waals surface area contributed by atoms with E-state index >= 15 is 0 Å². The lowest BCUT2D eigenvalue weighted by Gasteiger charge is -2.19. The maximum atomic E-state index is 6.01. The zero-order valence-electron chi connectivity index (χ0n) is 22.0. The van der Waals surface area contributed by atoms with Gasteiger partial charge in [-0.1, -0.05) is 71.9 Å². The second-order valence-corrected chi connectivity index (χ2v) is 11.2. The van der Waals surface area contributed by atoms with E-state index in [2.05, 4.69) is 92.0 Å². The molecule has 5 rings (SSSR count). The van der Waals surface area contributed by atoms with Crippen LogP contribution in [0.15, 0.2) is 93.0 Å². The number of rotatable bonds is 4. The number of hydrogen-bond acceptors (Lipinski definition) is 6. The van der Waals surface area contributed by atoms with Crippen LogP contribution in [-0.4, -0.2) is 20.4 Å². The summed E-state index contributed by atoms with van der Waals surface area (Å²) in [5.74, 6) is 1.72. The maximum Gasteiger partial charge on any atom is 0.255 e. The second-order valence-electron chi connectivity index (χ2n) is 11.2. The molecule has 2 aromatic heterocycles. The Morgan fingerprint density at radius 1 is 0.622 bits per heavy atom. The van der Waals surface area contributed by atoms with Gasteiger partial charge in [0.25, 0.3) is 5.89 Å². The van der Waals surface area contributed by atoms with Gasteiger partial charge in [-0.3, -0.25) is 0 Å². The standard InChI is InChI=1S/C31H30N4O2/c1-30(2,3)24-12-8-9-20(13-16-24)26-32-34-28(36-26)22-10-7-11-23(19-22)29-35-33-27(37-29)21-14-17-25(18-15-21)31(4,5)6/h7-8,10-19H,1-6H3. The molecule has 0 unspecified atom stereocenters. The van der Waals surface area contributed by atoms with E-state index < -0.39 is 0 Å². The first-order chi connectivity index (χ1) is 17.6. The molecule has 0 saturated carbocycles. The van der Waals surface area contributed by atoms with Crippen LogP contribution in [0.1, 0.15) is 53.0 Å². The number of aromatic nitrogens is 4. The highest BCUT2D eigenvalue weighted by Crippen LogP contribution is 2.31. The average Bonchev–Trinajstić information content (AvgIpc) is 3.48. The molecule has 186 valence electrons. The molecule has 2 aromatic carbocycles. The van der Waals surface area contributed by atoms with Gasteiger partial charge in [-0.2, -0.15) is 0 Å². The third-order valence-electron chi connectivity index (χ3n) is 6.23. The fourth-order valence-corrected chi connectivity index (χ4v) is 3.93. The van der Waals surface area contributed by atoms with E-state index in [1.54, 1.807) is 0 Å². The van der Waals surface area contributed by atoms with Crippen molar-refractivity contribution in [3.05, 3.63) is 95.6 Å². The zero-order valence-corrected chi connectivity index (χ0v) is 22.0. The van der Waals surface area contributed by atoms with E-state index in [0.29, 0.717) is 23.6 Å². The molecule has 6 nitrogen and oxygen atoms in total. The molecular formula is C31H30N4O2. The SMILES string of the molecule is CC(C)(C)C1=CC=C=C(c2nnc(-c3cccc(-c4nnc(-c5ccc(C(C)(C)C)cc5)o4)c3)o2)C=C1. The third kappa shape index (κ3) is 5.30. The Hall–Kier alpha value is -4.28. The number of allylic oxidation sites excluding steroid dienone is 5. The molecule has 0 N–H and O–H groups in total. The summed E-state index contributed by atoms with van der Waals surface area (Å²) in [6, 6.07) is 15.9. The van der Waals surface area contributed by atoms with Gasteiger partial charge in [0, 0.05) is 16.7 Å². The van der Waals surface area contributed by atoms with E-state index in [4.69, 9.17) is 8.83 Å². The molecule has 0 amide bonds. The first-order valence-electron chi connectivity index (χ1n) is 12.3. The molecule has 0 radical (unpaired) electrons. The molecule has 6 heteroatoms. The fourth-order valence-electron chi connectivity index (χ4n) is 3.93. The van der Waals surface area contributed by atoms with Gasteiger partial charge in [0.05, 0.1) is 5.57 Å². The van der Waals surface area contributed by atoms with Crippen molar-refractivity contribution in [1.29, 1.82) is 0 Å². The van der Waals surface area contributed by atoms with Crippen LogP contribution >= 0.6 is 0 Å². The molecule has 0 aliphatic heterocycles. The van der Waals surface area contributed by atoms with Crippen molar-refractivity contribution in [3.63, 3.8) is 0 Å². The summed E-state index contributed by atoms with van der Waals surface area (Å²) in [5.41, 5.74) is 8.96. The van der Waals surface area contributed by atoms with E-state index in [1.807, 2.05) is 48.6 Å². The molecule has 0 saturated heterocycles. The fraction of sp³-hybridized carbons (Fsp3) is 0.258. The van der Waals surface area contributed by atoms with Crippen molar-refractivity contribution >= 4 is 5.57 Å². The minimum absolute atomic E-state index is 0.0368. The van der Waals surface area contributed by atoms with Crippen molar-refractivity contribution in [1.82, 2.24) is 20.4 Å². The lowest BCUT2D eigenvalue weighted by atomic mass is 9.86. The molecule has 4 aromatic rings. The summed E-state index contributed by atoms with van der Waals surface area (Å²) in [4.78, 5) is 0. The van der Waals surface area contributed by atoms with Crippen molar-refractivity contribution < 1.29 is 8.83 Å². The van der Waals surface area contributed by atoms with Crippen molar-refractivity contribution in [2.24, 2.45) is 5.41 Å². The van der Waals surface area contributed by atoms with Crippen molar-refractivity contribution in [2.45, 2.75) is 47.0 Å². The molecule has 1 aliphatic rings. The summed E-state index contributed by atoms with van der Waals surface area (Å²) in [6.45, 7) is 13.1. The highest BCUT2D eigenvalue weighted by atomic mass is 16.4. The molecule has 2 heterocycles. The summed E-state index contributed by atoms with van der Waals surface area (Å²) < 4.78 is 12.0. The summed E-state index contributed by atoms with van der Waals surface area (Å²) in [5, 5.41) is 17.0. The average molecular weight is 491 g/mol. The van der Waals surface area contributed by atoms with E-state index in [0.717, 1.165) is 22.3 Å². The number of benzene rings is 2. The molecule has 0 fully saturated rings. The van der Waals surface area contributed by atoms with E-state index in [1.165, 1.54) is 11.1 Å². The van der Waals surface area contributed by atoms with Crippen LogP contribution in [0, 0.1) is 5.41 Å². The first kappa shape index (κ1) is 24.4. The molecular weight excluding hydrogens is 460 g/mol. The minimum Gasteiger partial charge on any atom is -0.416 e. The minimum atomic E-state index is 0.0368. The van der Waals surface area contributed by atoms with E-state index in [-0.39, 0.29) is 10.8 Å². The highest BCUT2D eigenvalue weighted by Gasteiger charge is 2.18. The third-order valence-corrected chi connectivity index (χ3v) is 6.23. The second kappa shape index (κ2) is 9.30. The van der Waals surface area contributed by atoms with Crippen LogP contribution in [0.4, 0.5) is 0 Å². The first-order valence-corrected chi connectivity index (χ1v) is 12.3. The van der Waals surface area contributed by atoms with Crippen molar-refractivity contribution in [2.75, 3.05) is 0 Å². The Bertz CT molecular complexity index is 1560. The topological polar surface area (TPSA) is 77.8 Å². The lowest BCUT2D eigenvalue weighted by molar-refractivity contribution is 0.517. The lowest BCUT2D eigenvalue weighted by Crippen LogP contribution is -2.10. The predicted molar refractivity (Wildman–Crippen MR) is 145 cm³/mol. The Morgan fingerprint density at radius 2 is 1.19 bits per heavy atom. The van der Waals surface area contributed by atoms with Crippen LogP contribution < -0.4 is 0 Å². The normalized spacial score (nSPS) is 13.9. The van der Waals surface area contributed by atoms with Crippen LogP contribution in [0.3, 0.4) is 0 Å². The molecule has 0 atom stereocenters. The van der Waals surface area contributed by atoms with E-state index in [9.17, 15) is 0 Å². The number of hydrogen-bond donors (Lipinski definition) is 0. The highest BCUT2D eigenvalue weighted by molar-refractivity contribution is 5.71. The van der Waals surface area contributed by atoms with Crippen LogP contribution in [0.2, 0.25) is 0 Å². The van der Waals surface area contributed by atoms with Gasteiger partial charge >= 0.3 is 0 Å². The van der Waals surface area contributed by atoms with Gasteiger partial charge in [0.15, 0.2) is 0 Å². The Morgan fingerprint density at radius 3 is 1.78 bits per heavy atom. The smallest absolute Gasteiger partial charge is 0.255 e. The van der Waals surface area contributed by atoms with Crippen LogP contribution in [0.5, 0.6) is 0 Å².